The molecular formula is C13H21N5O. The van der Waals surface area contributed by atoms with E-state index in [4.69, 9.17) is 10.5 Å². The third kappa shape index (κ3) is 2.07. The number of imidazole rings is 1. The molecule has 0 saturated heterocycles. The Morgan fingerprint density at radius 2 is 2.00 bits per heavy atom. The van der Waals surface area contributed by atoms with Crippen molar-refractivity contribution in [3.05, 3.63) is 11.5 Å². The molecular weight excluding hydrogens is 242 g/mol. The van der Waals surface area contributed by atoms with E-state index >= 15 is 0 Å². The predicted octanol–water partition coefficient (Wildman–Crippen LogP) is 1.67. The highest BCUT2D eigenvalue weighted by Crippen LogP contribution is 2.35. The fourth-order valence-electron chi connectivity index (χ4n) is 2.33. The molecule has 0 fully saturated rings. The highest BCUT2D eigenvalue weighted by atomic mass is 16.5. The Bertz CT molecular complexity index is 597. The molecule has 2 aromatic heterocycles. The molecule has 19 heavy (non-hydrogen) atoms. The van der Waals surface area contributed by atoms with Crippen LogP contribution in [0.2, 0.25) is 0 Å². The molecule has 2 rings (SSSR count). The van der Waals surface area contributed by atoms with Gasteiger partial charge in [-0.05, 0) is 13.3 Å². The fraction of sp³-hybridized carbons (Fsp3) is 0.538. The zero-order chi connectivity index (χ0) is 14.2. The lowest BCUT2D eigenvalue weighted by Crippen LogP contribution is -2.01. The molecule has 6 heteroatoms. The third-order valence-corrected chi connectivity index (χ3v) is 3.31. The number of methoxy groups -OCH3 is 1. The van der Waals surface area contributed by atoms with Crippen molar-refractivity contribution in [2.45, 2.75) is 26.7 Å². The van der Waals surface area contributed by atoms with Crippen LogP contribution in [-0.4, -0.2) is 26.4 Å². The highest BCUT2D eigenvalue weighted by Gasteiger charge is 2.22. The zero-order valence-corrected chi connectivity index (χ0v) is 12.2. The summed E-state index contributed by atoms with van der Waals surface area (Å²) in [5.74, 6) is 2.32. The number of aromatic nitrogens is 4. The molecule has 0 aliphatic carbocycles. The van der Waals surface area contributed by atoms with Gasteiger partial charge in [-0.25, -0.2) is 9.67 Å². The number of ether oxygens (including phenoxy) is 1. The molecule has 0 saturated carbocycles. The Hall–Kier alpha value is -1.98. The smallest absolute Gasteiger partial charge is 0.221 e. The van der Waals surface area contributed by atoms with E-state index in [0.717, 1.165) is 35.6 Å². The van der Waals surface area contributed by atoms with Crippen LogP contribution in [0.4, 0.5) is 5.82 Å². The van der Waals surface area contributed by atoms with E-state index < -0.39 is 0 Å². The van der Waals surface area contributed by atoms with Gasteiger partial charge in [-0.15, -0.1) is 0 Å². The topological polar surface area (TPSA) is 70.9 Å². The van der Waals surface area contributed by atoms with Crippen LogP contribution in [0.5, 0.6) is 5.88 Å². The minimum absolute atomic E-state index is 0.651. The molecule has 0 amide bonds. The zero-order valence-electron chi connectivity index (χ0n) is 12.2. The molecule has 2 N–H and O–H groups in total. The maximum absolute atomic E-state index is 6.18. The molecule has 0 aromatic carbocycles. The van der Waals surface area contributed by atoms with Gasteiger partial charge in [-0.3, -0.25) is 0 Å². The Labute approximate surface area is 113 Å². The molecule has 0 aliphatic heterocycles. The van der Waals surface area contributed by atoms with E-state index in [0.29, 0.717) is 11.7 Å². The van der Waals surface area contributed by atoms with Gasteiger partial charge in [0.05, 0.1) is 18.4 Å². The van der Waals surface area contributed by atoms with Crippen LogP contribution in [0.25, 0.3) is 11.3 Å². The summed E-state index contributed by atoms with van der Waals surface area (Å²) in [6, 6.07) is 0. The summed E-state index contributed by atoms with van der Waals surface area (Å²) in [5, 5.41) is 4.37. The van der Waals surface area contributed by atoms with Crippen molar-refractivity contribution >= 4 is 5.82 Å². The van der Waals surface area contributed by atoms with E-state index in [1.807, 2.05) is 25.6 Å². The van der Waals surface area contributed by atoms with Gasteiger partial charge in [0.15, 0.2) is 0 Å². The second-order valence-corrected chi connectivity index (χ2v) is 4.66. The summed E-state index contributed by atoms with van der Waals surface area (Å²) in [7, 11) is 5.42. The SMILES string of the molecule is CCCc1nc(-c2c(C)nn(C)c2OC)c(N)n1C. The van der Waals surface area contributed by atoms with Gasteiger partial charge in [-0.2, -0.15) is 5.10 Å². The molecule has 6 nitrogen and oxygen atoms in total. The summed E-state index contributed by atoms with van der Waals surface area (Å²) >= 11 is 0. The van der Waals surface area contributed by atoms with Crippen LogP contribution in [0, 0.1) is 6.92 Å². The normalized spacial score (nSPS) is 11.0. The van der Waals surface area contributed by atoms with Crippen molar-refractivity contribution in [2.75, 3.05) is 12.8 Å². The summed E-state index contributed by atoms with van der Waals surface area (Å²) in [6.45, 7) is 4.06. The van der Waals surface area contributed by atoms with Crippen LogP contribution in [-0.2, 0) is 20.5 Å². The maximum atomic E-state index is 6.18. The fourth-order valence-corrected chi connectivity index (χ4v) is 2.33. The number of nitrogens with two attached hydrogens (primary N) is 1. The van der Waals surface area contributed by atoms with Gasteiger partial charge >= 0.3 is 0 Å². The lowest BCUT2D eigenvalue weighted by molar-refractivity contribution is 0.374. The van der Waals surface area contributed by atoms with Crippen LogP contribution in [0.15, 0.2) is 0 Å². The first kappa shape index (κ1) is 13.5. The molecule has 104 valence electrons. The first-order valence-electron chi connectivity index (χ1n) is 6.40. The molecule has 0 atom stereocenters. The van der Waals surface area contributed by atoms with Gasteiger partial charge in [0, 0.05) is 20.5 Å². The van der Waals surface area contributed by atoms with Crippen molar-refractivity contribution in [3.8, 4) is 17.1 Å². The van der Waals surface area contributed by atoms with Crippen LogP contribution >= 0.6 is 0 Å². The largest absolute Gasteiger partial charge is 0.481 e. The van der Waals surface area contributed by atoms with E-state index in [1.165, 1.54) is 0 Å². The minimum atomic E-state index is 0.651. The molecule has 0 radical (unpaired) electrons. The maximum Gasteiger partial charge on any atom is 0.221 e. The van der Waals surface area contributed by atoms with Gasteiger partial charge in [0.1, 0.15) is 17.3 Å². The van der Waals surface area contributed by atoms with Crippen molar-refractivity contribution in [1.29, 1.82) is 0 Å². The number of nitrogens with zero attached hydrogens (tertiary/aromatic N) is 4. The highest BCUT2D eigenvalue weighted by molar-refractivity contribution is 5.77. The minimum Gasteiger partial charge on any atom is -0.481 e. The summed E-state index contributed by atoms with van der Waals surface area (Å²) in [4.78, 5) is 4.66. The average molecular weight is 263 g/mol. The van der Waals surface area contributed by atoms with Crippen molar-refractivity contribution < 1.29 is 4.74 Å². The van der Waals surface area contributed by atoms with Crippen molar-refractivity contribution in [1.82, 2.24) is 19.3 Å². The Balaban J connectivity index is 2.62. The third-order valence-electron chi connectivity index (χ3n) is 3.31. The first-order chi connectivity index (χ1) is 9.01. The molecule has 0 aliphatic rings. The standard InChI is InChI=1S/C13H21N5O/c1-6-7-9-15-11(12(14)17(9)3)10-8(2)16-18(4)13(10)19-5/h6-7,14H2,1-5H3. The van der Waals surface area contributed by atoms with Gasteiger partial charge < -0.3 is 15.0 Å². The number of nitrogen functional groups attached to an aromatic ring is 1. The number of hydrogen-bond acceptors (Lipinski definition) is 4. The second kappa shape index (κ2) is 4.95. The van der Waals surface area contributed by atoms with Crippen LogP contribution < -0.4 is 10.5 Å². The molecule has 0 unspecified atom stereocenters. The number of hydrogen-bond donors (Lipinski definition) is 1. The van der Waals surface area contributed by atoms with Gasteiger partial charge in [-0.1, -0.05) is 6.92 Å². The van der Waals surface area contributed by atoms with E-state index in [2.05, 4.69) is 17.0 Å². The predicted molar refractivity (Wildman–Crippen MR) is 75.1 cm³/mol. The van der Waals surface area contributed by atoms with Crippen molar-refractivity contribution in [3.63, 3.8) is 0 Å². The van der Waals surface area contributed by atoms with E-state index in [-0.39, 0.29) is 0 Å². The number of rotatable bonds is 4. The second-order valence-electron chi connectivity index (χ2n) is 4.66. The van der Waals surface area contributed by atoms with E-state index in [9.17, 15) is 0 Å². The molecule has 0 bridgehead atoms. The summed E-state index contributed by atoms with van der Waals surface area (Å²) in [5.41, 5.74) is 8.68. The molecule has 2 aromatic rings. The molecule has 2 heterocycles. The lowest BCUT2D eigenvalue weighted by Gasteiger charge is -2.04. The van der Waals surface area contributed by atoms with Gasteiger partial charge in [0.2, 0.25) is 5.88 Å². The Kier molecular flexibility index (Phi) is 3.50. The Morgan fingerprint density at radius 3 is 2.58 bits per heavy atom. The van der Waals surface area contributed by atoms with E-state index in [1.54, 1.807) is 11.8 Å². The Morgan fingerprint density at radius 1 is 1.32 bits per heavy atom. The van der Waals surface area contributed by atoms with Gasteiger partial charge in [0.25, 0.3) is 0 Å². The first-order valence-corrected chi connectivity index (χ1v) is 6.40. The lowest BCUT2D eigenvalue weighted by atomic mass is 10.2. The summed E-state index contributed by atoms with van der Waals surface area (Å²) in [6.07, 6.45) is 1.94. The monoisotopic (exact) mass is 263 g/mol. The number of aryl methyl sites for hydroxylation is 3. The van der Waals surface area contributed by atoms with Crippen LogP contribution in [0.1, 0.15) is 24.9 Å². The summed E-state index contributed by atoms with van der Waals surface area (Å²) < 4.78 is 9.05. The molecule has 0 spiro atoms. The quantitative estimate of drug-likeness (QED) is 0.911. The number of anilines is 1. The van der Waals surface area contributed by atoms with Crippen LogP contribution in [0.3, 0.4) is 0 Å². The average Bonchev–Trinajstić information content (AvgIpc) is 2.80. The van der Waals surface area contributed by atoms with Crippen molar-refractivity contribution in [2.24, 2.45) is 14.1 Å².